The zero-order valence-electron chi connectivity index (χ0n) is 50.7. The molecule has 1 unspecified atom stereocenters. The summed E-state index contributed by atoms with van der Waals surface area (Å²) in [6, 6.07) is 0. The van der Waals surface area contributed by atoms with E-state index in [1.807, 2.05) is 0 Å². The minimum absolute atomic E-state index is 0.0729. The van der Waals surface area contributed by atoms with Crippen LogP contribution in [0.2, 0.25) is 0 Å². The van der Waals surface area contributed by atoms with Crippen LogP contribution in [-0.2, 0) is 28.6 Å². The Bertz CT molecular complexity index is 1510. The van der Waals surface area contributed by atoms with E-state index in [-0.39, 0.29) is 31.1 Å². The second-order valence-corrected chi connectivity index (χ2v) is 21.7. The fourth-order valence-corrected chi connectivity index (χ4v) is 9.23. The summed E-state index contributed by atoms with van der Waals surface area (Å²) in [4.78, 5) is 38.2. The van der Waals surface area contributed by atoms with Gasteiger partial charge in [-0.3, -0.25) is 14.4 Å². The van der Waals surface area contributed by atoms with E-state index in [1.54, 1.807) is 0 Å². The van der Waals surface area contributed by atoms with Gasteiger partial charge in [-0.25, -0.2) is 0 Å². The molecule has 442 valence electrons. The van der Waals surface area contributed by atoms with Crippen LogP contribution >= 0.6 is 0 Å². The van der Waals surface area contributed by atoms with Gasteiger partial charge in [-0.15, -0.1) is 0 Å². The van der Waals surface area contributed by atoms with Gasteiger partial charge in [0.25, 0.3) is 0 Å². The minimum Gasteiger partial charge on any atom is -0.462 e. The van der Waals surface area contributed by atoms with Gasteiger partial charge in [0.05, 0.1) is 0 Å². The van der Waals surface area contributed by atoms with Crippen LogP contribution in [-0.4, -0.2) is 37.2 Å². The van der Waals surface area contributed by atoms with E-state index in [9.17, 15) is 14.4 Å². The molecule has 0 fully saturated rings. The predicted octanol–water partition coefficient (Wildman–Crippen LogP) is 22.4. The minimum atomic E-state index is -0.774. The topological polar surface area (TPSA) is 78.9 Å². The first-order valence-electron chi connectivity index (χ1n) is 32.7. The molecule has 0 saturated carbocycles. The third-order valence-corrected chi connectivity index (χ3v) is 14.1. The molecule has 77 heavy (non-hydrogen) atoms. The molecule has 1 atom stereocenters. The Morgan fingerprint density at radius 1 is 0.273 bits per heavy atom. The van der Waals surface area contributed by atoms with Gasteiger partial charge in [0, 0.05) is 19.3 Å². The lowest BCUT2D eigenvalue weighted by Crippen LogP contribution is -2.30. The Kier molecular flexibility index (Phi) is 61.8. The van der Waals surface area contributed by atoms with Gasteiger partial charge in [0.2, 0.25) is 0 Å². The van der Waals surface area contributed by atoms with Crippen molar-refractivity contribution >= 4 is 17.9 Å². The normalized spacial score (nSPS) is 12.7. The Morgan fingerprint density at radius 3 is 0.792 bits per heavy atom. The summed E-state index contributed by atoms with van der Waals surface area (Å²) >= 11 is 0. The summed E-state index contributed by atoms with van der Waals surface area (Å²) in [5, 5.41) is 0. The second kappa shape index (κ2) is 64.9. The Labute approximate surface area is 477 Å². The summed E-state index contributed by atoms with van der Waals surface area (Å²) < 4.78 is 16.9. The first-order chi connectivity index (χ1) is 38.0. The summed E-state index contributed by atoms with van der Waals surface area (Å²) in [6.07, 6.45) is 87.1. The van der Waals surface area contributed by atoms with E-state index in [1.165, 1.54) is 167 Å². The molecule has 6 heteroatoms. The maximum Gasteiger partial charge on any atom is 0.306 e. The van der Waals surface area contributed by atoms with Gasteiger partial charge in [-0.2, -0.15) is 0 Å². The quantitative estimate of drug-likeness (QED) is 0.0261. The van der Waals surface area contributed by atoms with E-state index in [4.69, 9.17) is 14.2 Å². The third kappa shape index (κ3) is 63.0. The number of rotatable bonds is 59. The van der Waals surface area contributed by atoms with Crippen LogP contribution in [0.5, 0.6) is 0 Å². The summed E-state index contributed by atoms with van der Waals surface area (Å²) in [5.74, 6) is -0.867. The lowest BCUT2D eigenvalue weighted by molar-refractivity contribution is -0.167. The standard InChI is InChI=1S/C71H122O6/c1-4-7-10-13-16-19-22-24-26-27-28-29-30-31-32-33-34-35-36-37-38-39-40-41-42-43-44-45-46-48-49-52-55-58-61-64-70(73)76-67-68(66-75-69(72)63-60-57-54-51-21-18-15-12-9-6-3)77-71(74)65-62-59-56-53-50-47-25-23-20-17-14-11-8-5-2/h7,10,16,19,24,26,28-29,31-32,34-35,37-38,40-41,68H,4-6,8-9,11-15,17-18,20-23,25,27,30,33,36,39,42-67H2,1-3H3/b10-7-,19-16-,26-24-,29-28-,32-31-,35-34-,38-37-,41-40-. The fraction of sp³-hybridized carbons (Fsp3) is 0.732. The van der Waals surface area contributed by atoms with Crippen LogP contribution in [0.1, 0.15) is 316 Å². The van der Waals surface area contributed by atoms with Crippen LogP contribution in [0.15, 0.2) is 97.2 Å². The fourth-order valence-electron chi connectivity index (χ4n) is 9.23. The number of unbranched alkanes of at least 4 members (excludes halogenated alkanes) is 32. The van der Waals surface area contributed by atoms with Gasteiger partial charge < -0.3 is 14.2 Å². The van der Waals surface area contributed by atoms with Crippen LogP contribution in [0.4, 0.5) is 0 Å². The zero-order valence-corrected chi connectivity index (χ0v) is 50.7. The van der Waals surface area contributed by atoms with E-state index in [0.717, 1.165) is 109 Å². The molecule has 0 saturated heterocycles. The van der Waals surface area contributed by atoms with Crippen molar-refractivity contribution in [1.82, 2.24) is 0 Å². The molecule has 0 radical (unpaired) electrons. The maximum absolute atomic E-state index is 12.8. The van der Waals surface area contributed by atoms with Gasteiger partial charge in [0.15, 0.2) is 6.10 Å². The zero-order chi connectivity index (χ0) is 55.7. The first kappa shape index (κ1) is 73.3. The van der Waals surface area contributed by atoms with Gasteiger partial charge in [0.1, 0.15) is 13.2 Å². The number of esters is 3. The average molecular weight is 1070 g/mol. The van der Waals surface area contributed by atoms with Crippen molar-refractivity contribution < 1.29 is 28.6 Å². The maximum atomic E-state index is 12.8. The van der Waals surface area contributed by atoms with Crippen molar-refractivity contribution in [2.24, 2.45) is 0 Å². The van der Waals surface area contributed by atoms with Crippen molar-refractivity contribution in [3.05, 3.63) is 97.2 Å². The lowest BCUT2D eigenvalue weighted by Gasteiger charge is -2.18. The van der Waals surface area contributed by atoms with Crippen molar-refractivity contribution in [2.45, 2.75) is 322 Å². The predicted molar refractivity (Wildman–Crippen MR) is 334 cm³/mol. The van der Waals surface area contributed by atoms with Crippen LogP contribution in [0.3, 0.4) is 0 Å². The van der Waals surface area contributed by atoms with Crippen LogP contribution < -0.4 is 0 Å². The average Bonchev–Trinajstić information content (AvgIpc) is 3.43. The molecular weight excluding hydrogens is 949 g/mol. The summed E-state index contributed by atoms with van der Waals surface area (Å²) in [5.41, 5.74) is 0. The third-order valence-electron chi connectivity index (χ3n) is 14.1. The molecule has 0 aliphatic carbocycles. The summed E-state index contributed by atoms with van der Waals surface area (Å²) in [7, 11) is 0. The number of ether oxygens (including phenoxy) is 3. The van der Waals surface area contributed by atoms with Gasteiger partial charge in [-0.1, -0.05) is 311 Å². The highest BCUT2D eigenvalue weighted by Crippen LogP contribution is 2.17. The number of carbonyl (C=O) groups excluding carboxylic acids is 3. The smallest absolute Gasteiger partial charge is 0.306 e. The summed E-state index contributed by atoms with van der Waals surface area (Å²) in [6.45, 7) is 6.54. The molecule has 6 nitrogen and oxygen atoms in total. The lowest BCUT2D eigenvalue weighted by atomic mass is 10.0. The molecule has 0 N–H and O–H groups in total. The molecule has 0 amide bonds. The highest BCUT2D eigenvalue weighted by molar-refractivity contribution is 5.71. The van der Waals surface area contributed by atoms with Crippen molar-refractivity contribution in [3.63, 3.8) is 0 Å². The number of hydrogen-bond acceptors (Lipinski definition) is 6. The molecule has 0 heterocycles. The number of hydrogen-bond donors (Lipinski definition) is 0. The van der Waals surface area contributed by atoms with Gasteiger partial charge >= 0.3 is 17.9 Å². The van der Waals surface area contributed by atoms with Crippen LogP contribution in [0.25, 0.3) is 0 Å². The Balaban J connectivity index is 4.13. The molecule has 0 bridgehead atoms. The monoisotopic (exact) mass is 1070 g/mol. The van der Waals surface area contributed by atoms with Gasteiger partial charge in [-0.05, 0) is 83.5 Å². The molecule has 0 aliphatic rings. The molecule has 0 rings (SSSR count). The van der Waals surface area contributed by atoms with Crippen molar-refractivity contribution in [2.75, 3.05) is 13.2 Å². The van der Waals surface area contributed by atoms with E-state index >= 15 is 0 Å². The Hall–Kier alpha value is -3.67. The van der Waals surface area contributed by atoms with E-state index in [2.05, 4.69) is 118 Å². The highest BCUT2D eigenvalue weighted by Gasteiger charge is 2.19. The number of carbonyl (C=O) groups is 3. The first-order valence-corrected chi connectivity index (χ1v) is 32.7. The molecule has 0 aliphatic heterocycles. The van der Waals surface area contributed by atoms with Crippen molar-refractivity contribution in [3.8, 4) is 0 Å². The SMILES string of the molecule is CC/C=C\C/C=C\C/C=C\C/C=C\C/C=C\C/C=C\C/C=C\C/C=C\CCCCCCCCCCCCC(=O)OCC(COC(=O)CCCCCCCCCCCC)OC(=O)CCCCCCCCCCCCCCCC. The van der Waals surface area contributed by atoms with E-state index in [0.29, 0.717) is 19.3 Å². The second-order valence-electron chi connectivity index (χ2n) is 21.7. The molecule has 0 aromatic rings. The Morgan fingerprint density at radius 2 is 0.506 bits per heavy atom. The van der Waals surface area contributed by atoms with Crippen LogP contribution in [0, 0.1) is 0 Å². The number of allylic oxidation sites excluding steroid dienone is 16. The highest BCUT2D eigenvalue weighted by atomic mass is 16.6. The molecular formula is C71H122O6. The largest absolute Gasteiger partial charge is 0.462 e. The molecule has 0 aromatic heterocycles. The molecule has 0 aromatic carbocycles. The molecule has 0 spiro atoms. The van der Waals surface area contributed by atoms with Crippen molar-refractivity contribution in [1.29, 1.82) is 0 Å². The van der Waals surface area contributed by atoms with E-state index < -0.39 is 6.10 Å².